The molecule has 2 rings (SSSR count). The number of benzene rings is 1. The average Bonchev–Trinajstić information content (AvgIpc) is 2.87. The second-order valence-corrected chi connectivity index (χ2v) is 7.24. The molecule has 24 heavy (non-hydrogen) atoms. The van der Waals surface area contributed by atoms with Crippen LogP contribution in [0.15, 0.2) is 29.2 Å². The summed E-state index contributed by atoms with van der Waals surface area (Å²) < 4.78 is 26.1. The minimum atomic E-state index is -3.82. The first kappa shape index (κ1) is 17.7. The number of carbonyl (C=O) groups excluding carboxylic acids is 1. The maximum atomic E-state index is 12.6. The Balaban J connectivity index is 2.09. The normalized spacial score (nSPS) is 11.3. The van der Waals surface area contributed by atoms with Gasteiger partial charge in [-0.25, -0.2) is 8.42 Å². The van der Waals surface area contributed by atoms with Gasteiger partial charge in [0.15, 0.2) is 0 Å². The van der Waals surface area contributed by atoms with Gasteiger partial charge in [-0.05, 0) is 38.1 Å². The number of nitrogens with one attached hydrogen (secondary N) is 2. The van der Waals surface area contributed by atoms with Crippen molar-refractivity contribution in [3.8, 4) is 6.07 Å². The lowest BCUT2D eigenvalue weighted by Gasteiger charge is -2.17. The van der Waals surface area contributed by atoms with E-state index in [1.165, 1.54) is 7.05 Å². The Morgan fingerprint density at radius 1 is 1.33 bits per heavy atom. The zero-order valence-electron chi connectivity index (χ0n) is 13.5. The molecule has 0 saturated heterocycles. The number of carbonyl (C=O) groups is 1. The van der Waals surface area contributed by atoms with E-state index in [0.29, 0.717) is 22.6 Å². The van der Waals surface area contributed by atoms with Crippen molar-refractivity contribution in [3.05, 3.63) is 41.2 Å². The Morgan fingerprint density at radius 3 is 2.46 bits per heavy atom. The van der Waals surface area contributed by atoms with Crippen LogP contribution in [0.25, 0.3) is 0 Å². The Kier molecular flexibility index (Phi) is 5.02. The minimum absolute atomic E-state index is 0.0798. The standard InChI is InChI=1S/C15H17N5O3S/c1-10-15(11(2)19-18-10)24(22,23)20(3)9-14(21)17-13-6-4-12(8-16)5-7-13/h4-7H,9H2,1-3H3,(H,17,21)(H,18,19). The highest BCUT2D eigenvalue weighted by molar-refractivity contribution is 7.89. The largest absolute Gasteiger partial charge is 0.325 e. The molecule has 9 heteroatoms. The van der Waals surface area contributed by atoms with E-state index in [9.17, 15) is 13.2 Å². The lowest BCUT2D eigenvalue weighted by atomic mass is 10.2. The van der Waals surface area contributed by atoms with Crippen LogP contribution < -0.4 is 5.32 Å². The summed E-state index contributed by atoms with van der Waals surface area (Å²) in [5.41, 5.74) is 1.73. The molecule has 0 bridgehead atoms. The van der Waals surface area contributed by atoms with E-state index in [2.05, 4.69) is 15.5 Å². The van der Waals surface area contributed by atoms with Crippen LogP contribution in [0.5, 0.6) is 0 Å². The molecular formula is C15H17N5O3S. The summed E-state index contributed by atoms with van der Waals surface area (Å²) in [6.45, 7) is 2.85. The minimum Gasteiger partial charge on any atom is -0.325 e. The predicted molar refractivity (Wildman–Crippen MR) is 87.7 cm³/mol. The predicted octanol–water partition coefficient (Wildman–Crippen LogP) is 1.16. The molecule has 1 heterocycles. The average molecular weight is 347 g/mol. The summed E-state index contributed by atoms with van der Waals surface area (Å²) in [7, 11) is -2.49. The van der Waals surface area contributed by atoms with Gasteiger partial charge in [0, 0.05) is 12.7 Å². The van der Waals surface area contributed by atoms with Crippen molar-refractivity contribution in [2.75, 3.05) is 18.9 Å². The lowest BCUT2D eigenvalue weighted by Crippen LogP contribution is -2.35. The molecule has 1 aromatic heterocycles. The number of nitriles is 1. The number of anilines is 1. The fourth-order valence-electron chi connectivity index (χ4n) is 2.19. The van der Waals surface area contributed by atoms with Crippen molar-refractivity contribution in [3.63, 3.8) is 0 Å². The number of aromatic amines is 1. The molecule has 2 N–H and O–H groups in total. The molecule has 0 saturated carbocycles. The highest BCUT2D eigenvalue weighted by Gasteiger charge is 2.28. The van der Waals surface area contributed by atoms with E-state index in [1.807, 2.05) is 6.07 Å². The van der Waals surface area contributed by atoms with E-state index >= 15 is 0 Å². The number of aromatic nitrogens is 2. The van der Waals surface area contributed by atoms with Gasteiger partial charge in [0.05, 0.1) is 29.6 Å². The number of rotatable bonds is 5. The molecule has 0 aliphatic heterocycles. The van der Waals surface area contributed by atoms with Gasteiger partial charge in [0.1, 0.15) is 4.90 Å². The zero-order chi connectivity index (χ0) is 17.9. The van der Waals surface area contributed by atoms with Crippen LogP contribution in [0.2, 0.25) is 0 Å². The van der Waals surface area contributed by atoms with E-state index in [1.54, 1.807) is 38.1 Å². The zero-order valence-corrected chi connectivity index (χ0v) is 14.3. The van der Waals surface area contributed by atoms with Crippen LogP contribution in [-0.2, 0) is 14.8 Å². The molecule has 1 aromatic carbocycles. The van der Waals surface area contributed by atoms with Crippen molar-refractivity contribution in [1.82, 2.24) is 14.5 Å². The van der Waals surface area contributed by atoms with Gasteiger partial charge in [-0.2, -0.15) is 14.7 Å². The third-order valence-corrected chi connectivity index (χ3v) is 5.46. The Hall–Kier alpha value is -2.70. The number of nitrogens with zero attached hydrogens (tertiary/aromatic N) is 3. The molecule has 2 aromatic rings. The Bertz CT molecular complexity index is 875. The highest BCUT2D eigenvalue weighted by atomic mass is 32.2. The maximum absolute atomic E-state index is 12.6. The number of amides is 1. The Morgan fingerprint density at radius 2 is 1.96 bits per heavy atom. The molecule has 0 aliphatic rings. The number of aryl methyl sites for hydroxylation is 2. The summed E-state index contributed by atoms with van der Waals surface area (Å²) in [6.07, 6.45) is 0. The molecule has 126 valence electrons. The van der Waals surface area contributed by atoms with Gasteiger partial charge in [0.25, 0.3) is 0 Å². The number of sulfonamides is 1. The number of hydrogen-bond acceptors (Lipinski definition) is 5. The van der Waals surface area contributed by atoms with Crippen molar-refractivity contribution in [1.29, 1.82) is 5.26 Å². The third-order valence-electron chi connectivity index (χ3n) is 3.39. The van der Waals surface area contributed by atoms with Crippen molar-refractivity contribution < 1.29 is 13.2 Å². The number of hydrogen-bond donors (Lipinski definition) is 2. The van der Waals surface area contributed by atoms with E-state index in [0.717, 1.165) is 4.31 Å². The fourth-order valence-corrected chi connectivity index (χ4v) is 3.64. The van der Waals surface area contributed by atoms with Gasteiger partial charge in [-0.15, -0.1) is 0 Å². The van der Waals surface area contributed by atoms with Crippen LogP contribution in [-0.4, -0.2) is 42.4 Å². The quantitative estimate of drug-likeness (QED) is 0.841. The molecule has 0 fully saturated rings. The first-order valence-corrected chi connectivity index (χ1v) is 8.47. The van der Waals surface area contributed by atoms with Gasteiger partial charge < -0.3 is 5.32 Å². The van der Waals surface area contributed by atoms with E-state index < -0.39 is 15.9 Å². The number of likely N-dealkylation sites (N-methyl/N-ethyl adjacent to an activating group) is 1. The monoisotopic (exact) mass is 347 g/mol. The highest BCUT2D eigenvalue weighted by Crippen LogP contribution is 2.20. The topological polar surface area (TPSA) is 119 Å². The summed E-state index contributed by atoms with van der Waals surface area (Å²) >= 11 is 0. The van der Waals surface area contributed by atoms with Crippen LogP contribution in [0.3, 0.4) is 0 Å². The molecule has 1 amide bonds. The van der Waals surface area contributed by atoms with Crippen LogP contribution in [0.4, 0.5) is 5.69 Å². The Labute approximate surface area is 140 Å². The first-order chi connectivity index (χ1) is 11.3. The van der Waals surface area contributed by atoms with Gasteiger partial charge >= 0.3 is 0 Å². The lowest BCUT2D eigenvalue weighted by molar-refractivity contribution is -0.116. The van der Waals surface area contributed by atoms with Crippen molar-refractivity contribution in [2.24, 2.45) is 0 Å². The molecule has 0 atom stereocenters. The maximum Gasteiger partial charge on any atom is 0.246 e. The summed E-state index contributed by atoms with van der Waals surface area (Å²) in [5.74, 6) is -0.482. The number of H-pyrrole nitrogens is 1. The smallest absolute Gasteiger partial charge is 0.246 e. The first-order valence-electron chi connectivity index (χ1n) is 7.03. The molecule has 0 radical (unpaired) electrons. The summed E-state index contributed by atoms with van der Waals surface area (Å²) in [4.78, 5) is 12.1. The fraction of sp³-hybridized carbons (Fsp3) is 0.267. The van der Waals surface area contributed by atoms with E-state index in [4.69, 9.17) is 5.26 Å². The molecule has 0 unspecified atom stereocenters. The van der Waals surface area contributed by atoms with Gasteiger partial charge in [-0.3, -0.25) is 9.89 Å². The summed E-state index contributed by atoms with van der Waals surface area (Å²) in [6, 6.07) is 8.26. The van der Waals surface area contributed by atoms with Crippen LogP contribution >= 0.6 is 0 Å². The van der Waals surface area contributed by atoms with E-state index in [-0.39, 0.29) is 11.4 Å². The SMILES string of the molecule is Cc1n[nH]c(C)c1S(=O)(=O)N(C)CC(=O)Nc1ccc(C#N)cc1. The van der Waals surface area contributed by atoms with Crippen molar-refractivity contribution >= 4 is 21.6 Å². The van der Waals surface area contributed by atoms with Crippen molar-refractivity contribution in [2.45, 2.75) is 18.7 Å². The van der Waals surface area contributed by atoms with Gasteiger partial charge in [-0.1, -0.05) is 0 Å². The second-order valence-electron chi connectivity index (χ2n) is 5.26. The molecule has 0 aliphatic carbocycles. The van der Waals surface area contributed by atoms with Crippen LogP contribution in [0, 0.1) is 25.2 Å². The molecule has 8 nitrogen and oxygen atoms in total. The van der Waals surface area contributed by atoms with Gasteiger partial charge in [0.2, 0.25) is 15.9 Å². The van der Waals surface area contributed by atoms with Crippen LogP contribution in [0.1, 0.15) is 17.0 Å². The summed E-state index contributed by atoms with van der Waals surface area (Å²) in [5, 5.41) is 17.8. The molecular weight excluding hydrogens is 330 g/mol. The molecule has 0 spiro atoms. The second kappa shape index (κ2) is 6.82. The third kappa shape index (κ3) is 3.61.